The van der Waals surface area contributed by atoms with Gasteiger partial charge in [-0.2, -0.15) is 0 Å². The van der Waals surface area contributed by atoms with Crippen LogP contribution in [0.2, 0.25) is 0 Å². The van der Waals surface area contributed by atoms with Gasteiger partial charge in [0.15, 0.2) is 11.5 Å². The highest BCUT2D eigenvalue weighted by Gasteiger charge is 2.30. The van der Waals surface area contributed by atoms with Crippen LogP contribution in [-0.2, 0) is 11.3 Å². The standard InChI is InChI=1S/C26H28N2O3/c1-3-30-23-14-12-20(19-24(23)31-4-2)13-15-25(29)28-18-17-27-16-8-11-22(27)26(28)21-9-6-5-7-10-21/h5-16,19,26H,3-4,17-18H2,1-2H3. The minimum atomic E-state index is -0.0959. The summed E-state index contributed by atoms with van der Waals surface area (Å²) >= 11 is 0. The number of benzene rings is 2. The molecule has 0 saturated heterocycles. The normalized spacial score (nSPS) is 15.7. The van der Waals surface area contributed by atoms with Crippen molar-refractivity contribution in [3.8, 4) is 11.5 Å². The number of carbonyl (C=O) groups excluding carboxylic acids is 1. The monoisotopic (exact) mass is 416 g/mol. The minimum Gasteiger partial charge on any atom is -0.490 e. The van der Waals surface area contributed by atoms with Crippen LogP contribution >= 0.6 is 0 Å². The number of nitrogens with zero attached hydrogens (tertiary/aromatic N) is 2. The van der Waals surface area contributed by atoms with Crippen molar-refractivity contribution in [1.29, 1.82) is 0 Å². The highest BCUT2D eigenvalue weighted by atomic mass is 16.5. The Bertz CT molecular complexity index is 1060. The summed E-state index contributed by atoms with van der Waals surface area (Å²) in [5, 5.41) is 0. The molecular weight excluding hydrogens is 388 g/mol. The third-order valence-electron chi connectivity index (χ3n) is 5.42. The molecule has 4 rings (SSSR count). The predicted octanol–water partition coefficient (Wildman–Crippen LogP) is 4.93. The van der Waals surface area contributed by atoms with Gasteiger partial charge in [-0.05, 0) is 55.3 Å². The number of rotatable bonds is 7. The second kappa shape index (κ2) is 9.56. The smallest absolute Gasteiger partial charge is 0.247 e. The van der Waals surface area contributed by atoms with E-state index in [1.165, 1.54) is 0 Å². The minimum absolute atomic E-state index is 0.00634. The highest BCUT2D eigenvalue weighted by Crippen LogP contribution is 2.33. The van der Waals surface area contributed by atoms with Gasteiger partial charge in [-0.15, -0.1) is 0 Å². The van der Waals surface area contributed by atoms with Crippen molar-refractivity contribution in [3.05, 3.63) is 89.8 Å². The Kier molecular flexibility index (Phi) is 6.41. The van der Waals surface area contributed by atoms with Crippen LogP contribution in [0.1, 0.15) is 36.7 Å². The Labute approximate surface area is 183 Å². The van der Waals surface area contributed by atoms with Gasteiger partial charge in [-0.25, -0.2) is 0 Å². The molecule has 0 fully saturated rings. The fourth-order valence-corrected chi connectivity index (χ4v) is 4.04. The number of hydrogen-bond acceptors (Lipinski definition) is 3. The Morgan fingerprint density at radius 2 is 1.74 bits per heavy atom. The molecule has 1 aliphatic heterocycles. The molecule has 1 aromatic heterocycles. The Morgan fingerprint density at radius 3 is 2.52 bits per heavy atom. The van der Waals surface area contributed by atoms with Crippen LogP contribution in [0, 0.1) is 0 Å². The van der Waals surface area contributed by atoms with E-state index >= 15 is 0 Å². The lowest BCUT2D eigenvalue weighted by Gasteiger charge is -2.36. The van der Waals surface area contributed by atoms with E-state index in [4.69, 9.17) is 9.47 Å². The highest BCUT2D eigenvalue weighted by molar-refractivity contribution is 5.92. The van der Waals surface area contributed by atoms with Crippen LogP contribution in [0.4, 0.5) is 0 Å². The first-order valence-electron chi connectivity index (χ1n) is 10.8. The van der Waals surface area contributed by atoms with Gasteiger partial charge in [-0.1, -0.05) is 36.4 Å². The summed E-state index contributed by atoms with van der Waals surface area (Å²) < 4.78 is 13.6. The molecule has 0 saturated carbocycles. The number of amides is 1. The Balaban J connectivity index is 1.59. The van der Waals surface area contributed by atoms with Crippen molar-refractivity contribution in [1.82, 2.24) is 9.47 Å². The van der Waals surface area contributed by atoms with Crippen molar-refractivity contribution < 1.29 is 14.3 Å². The van der Waals surface area contributed by atoms with Gasteiger partial charge in [0, 0.05) is 31.1 Å². The molecule has 0 N–H and O–H groups in total. The first-order chi connectivity index (χ1) is 15.2. The Morgan fingerprint density at radius 1 is 0.968 bits per heavy atom. The van der Waals surface area contributed by atoms with Gasteiger partial charge in [-0.3, -0.25) is 4.79 Å². The molecule has 0 spiro atoms. The molecule has 5 heteroatoms. The molecule has 1 atom stereocenters. The van der Waals surface area contributed by atoms with E-state index < -0.39 is 0 Å². The molecule has 31 heavy (non-hydrogen) atoms. The summed E-state index contributed by atoms with van der Waals surface area (Å²) in [4.78, 5) is 15.2. The molecule has 0 bridgehead atoms. The fourth-order valence-electron chi connectivity index (χ4n) is 4.04. The SMILES string of the molecule is CCOc1ccc(C=CC(=O)N2CCn3cccc3C2c2ccccc2)cc1OCC. The third-order valence-corrected chi connectivity index (χ3v) is 5.42. The average molecular weight is 417 g/mol. The van der Waals surface area contributed by atoms with E-state index in [0.29, 0.717) is 31.3 Å². The van der Waals surface area contributed by atoms with Gasteiger partial charge < -0.3 is 18.9 Å². The van der Waals surface area contributed by atoms with Gasteiger partial charge in [0.25, 0.3) is 0 Å². The molecule has 3 aromatic rings. The number of hydrogen-bond donors (Lipinski definition) is 0. The number of carbonyl (C=O) groups is 1. The summed E-state index contributed by atoms with van der Waals surface area (Å²) in [7, 11) is 0. The maximum Gasteiger partial charge on any atom is 0.247 e. The first kappa shape index (κ1) is 20.8. The molecule has 1 aliphatic rings. The van der Waals surface area contributed by atoms with Crippen LogP contribution in [0.5, 0.6) is 11.5 Å². The molecule has 1 unspecified atom stereocenters. The van der Waals surface area contributed by atoms with E-state index in [-0.39, 0.29) is 11.9 Å². The zero-order valence-electron chi connectivity index (χ0n) is 18.0. The molecule has 160 valence electrons. The topological polar surface area (TPSA) is 43.7 Å². The maximum absolute atomic E-state index is 13.2. The molecule has 0 aliphatic carbocycles. The van der Waals surface area contributed by atoms with Crippen LogP contribution in [0.25, 0.3) is 6.08 Å². The number of ether oxygens (including phenoxy) is 2. The van der Waals surface area contributed by atoms with E-state index in [9.17, 15) is 4.79 Å². The molecule has 0 radical (unpaired) electrons. The maximum atomic E-state index is 13.2. The zero-order valence-corrected chi connectivity index (χ0v) is 18.0. The van der Waals surface area contributed by atoms with Gasteiger partial charge in [0.2, 0.25) is 5.91 Å². The van der Waals surface area contributed by atoms with Crippen LogP contribution in [0.15, 0.2) is 72.9 Å². The molecule has 2 aromatic carbocycles. The molecule has 2 heterocycles. The molecule has 5 nitrogen and oxygen atoms in total. The fraction of sp³-hybridized carbons (Fsp3) is 0.269. The van der Waals surface area contributed by atoms with Crippen LogP contribution < -0.4 is 9.47 Å². The summed E-state index contributed by atoms with van der Waals surface area (Å²) in [6.07, 6.45) is 5.58. The van der Waals surface area contributed by atoms with Crippen LogP contribution in [0.3, 0.4) is 0 Å². The lowest BCUT2D eigenvalue weighted by molar-refractivity contribution is -0.128. The lowest BCUT2D eigenvalue weighted by atomic mass is 10.00. The van der Waals surface area contributed by atoms with Crippen molar-refractivity contribution in [2.45, 2.75) is 26.4 Å². The summed E-state index contributed by atoms with van der Waals surface area (Å²) in [5.41, 5.74) is 3.15. The zero-order chi connectivity index (χ0) is 21.6. The molecule has 1 amide bonds. The van der Waals surface area contributed by atoms with Crippen molar-refractivity contribution >= 4 is 12.0 Å². The van der Waals surface area contributed by atoms with Gasteiger partial charge in [0.05, 0.1) is 19.3 Å². The number of aromatic nitrogens is 1. The summed E-state index contributed by atoms with van der Waals surface area (Å²) in [5.74, 6) is 1.40. The van der Waals surface area contributed by atoms with E-state index in [0.717, 1.165) is 23.4 Å². The van der Waals surface area contributed by atoms with Crippen molar-refractivity contribution in [2.24, 2.45) is 0 Å². The summed E-state index contributed by atoms with van der Waals surface area (Å²) in [6.45, 7) is 6.47. The van der Waals surface area contributed by atoms with E-state index in [1.807, 2.05) is 67.3 Å². The second-order valence-electron chi connectivity index (χ2n) is 7.38. The molecular formula is C26H28N2O3. The lowest BCUT2D eigenvalue weighted by Crippen LogP contribution is -2.41. The number of fused-ring (bicyclic) bond motifs is 1. The first-order valence-corrected chi connectivity index (χ1v) is 10.8. The van der Waals surface area contributed by atoms with Crippen molar-refractivity contribution in [2.75, 3.05) is 19.8 Å². The van der Waals surface area contributed by atoms with Crippen LogP contribution in [-0.4, -0.2) is 35.1 Å². The van der Waals surface area contributed by atoms with E-state index in [1.54, 1.807) is 6.08 Å². The quantitative estimate of drug-likeness (QED) is 0.513. The van der Waals surface area contributed by atoms with Crippen molar-refractivity contribution in [3.63, 3.8) is 0 Å². The average Bonchev–Trinajstić information content (AvgIpc) is 3.28. The third kappa shape index (κ3) is 4.50. The van der Waals surface area contributed by atoms with Gasteiger partial charge in [0.1, 0.15) is 0 Å². The second-order valence-corrected chi connectivity index (χ2v) is 7.38. The van der Waals surface area contributed by atoms with E-state index in [2.05, 4.69) is 29.0 Å². The largest absolute Gasteiger partial charge is 0.490 e. The summed E-state index contributed by atoms with van der Waals surface area (Å²) in [6, 6.07) is 20.0. The Hall–Kier alpha value is -3.47. The predicted molar refractivity (Wildman–Crippen MR) is 122 cm³/mol. The van der Waals surface area contributed by atoms with Gasteiger partial charge >= 0.3 is 0 Å².